The molecule has 7 nitrogen and oxygen atoms in total. The molecule has 0 radical (unpaired) electrons. The molecule has 4 N–H and O–H groups in total. The number of hydrogen-bond donors (Lipinski definition) is 3. The molecule has 2 atom stereocenters. The molecule has 2 aromatic heterocycles. The van der Waals surface area contributed by atoms with Crippen LogP contribution in [0.2, 0.25) is 0 Å². The lowest BCUT2D eigenvalue weighted by molar-refractivity contribution is 0.297. The van der Waals surface area contributed by atoms with Crippen LogP contribution in [0.25, 0.3) is 5.57 Å². The first-order valence-corrected chi connectivity index (χ1v) is 12.6. The number of nitrogens with zero attached hydrogens (tertiary/aromatic N) is 4. The Kier molecular flexibility index (Phi) is 7.11. The van der Waals surface area contributed by atoms with Crippen molar-refractivity contribution in [3.63, 3.8) is 0 Å². The third-order valence-corrected chi connectivity index (χ3v) is 7.42. The van der Waals surface area contributed by atoms with E-state index in [0.717, 1.165) is 35.8 Å². The van der Waals surface area contributed by atoms with E-state index in [0.29, 0.717) is 23.9 Å². The summed E-state index contributed by atoms with van der Waals surface area (Å²) in [6, 6.07) is 4.79. The molecule has 0 bridgehead atoms. The summed E-state index contributed by atoms with van der Waals surface area (Å²) in [6.45, 7) is 2.96. The van der Waals surface area contributed by atoms with Crippen molar-refractivity contribution in [1.29, 1.82) is 0 Å². The zero-order chi connectivity index (χ0) is 23.3. The standard InChI is InChI=1S/C27H35N7/c1-18-3-2-12-29-26(18)34-27-32-16-22(17-33-27)20-13-21-15-30-24(10-11-25(21)31-14-20)9-6-19-4-7-23(28)8-5-19/h2-3,10-12,14,16-17,19,21,23-24,30H,4-9,13,15,28H2,1H3,(H,29,32,33,34). The highest BCUT2D eigenvalue weighted by molar-refractivity contribution is 6.00. The number of allylic oxidation sites excluding steroid dienone is 2. The summed E-state index contributed by atoms with van der Waals surface area (Å²) in [5.41, 5.74) is 10.5. The SMILES string of the molecule is Cc1cccnc1Nc1ncc(C2=CN=C3C=CC(CCC4CCC(N)CC4)NCC3C2)cn1. The largest absolute Gasteiger partial charge is 0.328 e. The number of aliphatic imine (C=N–C) groups is 1. The first-order valence-electron chi connectivity index (χ1n) is 12.6. The Labute approximate surface area is 202 Å². The fraction of sp³-hybridized carbons (Fsp3) is 0.481. The van der Waals surface area contributed by atoms with Crippen LogP contribution >= 0.6 is 0 Å². The summed E-state index contributed by atoms with van der Waals surface area (Å²) in [4.78, 5) is 18.2. The van der Waals surface area contributed by atoms with Crippen molar-refractivity contribution in [2.75, 3.05) is 11.9 Å². The summed E-state index contributed by atoms with van der Waals surface area (Å²) in [5.74, 6) is 2.54. The van der Waals surface area contributed by atoms with Crippen molar-refractivity contribution in [1.82, 2.24) is 20.3 Å². The van der Waals surface area contributed by atoms with Gasteiger partial charge in [-0.05, 0) is 81.1 Å². The number of nitrogens with two attached hydrogens (primary N) is 1. The Morgan fingerprint density at radius 1 is 1.09 bits per heavy atom. The average Bonchev–Trinajstić information content (AvgIpc) is 3.07. The molecule has 34 heavy (non-hydrogen) atoms. The maximum Gasteiger partial charge on any atom is 0.228 e. The molecule has 2 unspecified atom stereocenters. The average molecular weight is 458 g/mol. The number of nitrogens with one attached hydrogen (secondary N) is 2. The maximum absolute atomic E-state index is 6.07. The number of anilines is 2. The Bertz CT molecular complexity index is 1060. The topological polar surface area (TPSA) is 101 Å². The molecule has 2 aromatic rings. The molecule has 1 aliphatic carbocycles. The van der Waals surface area contributed by atoms with Crippen molar-refractivity contribution < 1.29 is 0 Å². The van der Waals surface area contributed by atoms with Crippen molar-refractivity contribution in [3.05, 3.63) is 60.2 Å². The van der Waals surface area contributed by atoms with Gasteiger partial charge in [0.05, 0.1) is 0 Å². The van der Waals surface area contributed by atoms with E-state index >= 15 is 0 Å². The van der Waals surface area contributed by atoms with Gasteiger partial charge in [0.25, 0.3) is 0 Å². The summed E-state index contributed by atoms with van der Waals surface area (Å²) in [7, 11) is 0. The summed E-state index contributed by atoms with van der Waals surface area (Å²) >= 11 is 0. The van der Waals surface area contributed by atoms with E-state index in [1.54, 1.807) is 6.20 Å². The molecule has 2 aliphatic heterocycles. The van der Waals surface area contributed by atoms with Crippen LogP contribution in [-0.4, -0.2) is 39.3 Å². The summed E-state index contributed by atoms with van der Waals surface area (Å²) in [6.07, 6.45) is 20.4. The van der Waals surface area contributed by atoms with Gasteiger partial charge in [0.2, 0.25) is 5.95 Å². The van der Waals surface area contributed by atoms with E-state index in [2.05, 4.69) is 37.7 Å². The summed E-state index contributed by atoms with van der Waals surface area (Å²) in [5, 5.41) is 6.97. The van der Waals surface area contributed by atoms with Crippen LogP contribution in [0.3, 0.4) is 0 Å². The van der Waals surface area contributed by atoms with Gasteiger partial charge in [0, 0.05) is 60.6 Å². The van der Waals surface area contributed by atoms with Crippen LogP contribution in [0, 0.1) is 18.8 Å². The Balaban J connectivity index is 1.18. The normalized spacial score (nSPS) is 26.8. The van der Waals surface area contributed by atoms with Gasteiger partial charge in [-0.1, -0.05) is 12.1 Å². The fourth-order valence-corrected chi connectivity index (χ4v) is 5.18. The van der Waals surface area contributed by atoms with Crippen molar-refractivity contribution in [2.45, 2.75) is 64.0 Å². The molecule has 0 spiro atoms. The fourth-order valence-electron chi connectivity index (χ4n) is 5.18. The minimum absolute atomic E-state index is 0.378. The number of hydrogen-bond acceptors (Lipinski definition) is 7. The molecule has 0 amide bonds. The van der Waals surface area contributed by atoms with Crippen molar-refractivity contribution in [3.8, 4) is 0 Å². The van der Waals surface area contributed by atoms with Gasteiger partial charge in [-0.3, -0.25) is 4.99 Å². The smallest absolute Gasteiger partial charge is 0.228 e. The van der Waals surface area contributed by atoms with Gasteiger partial charge in [0.1, 0.15) is 5.82 Å². The quantitative estimate of drug-likeness (QED) is 0.588. The molecular weight excluding hydrogens is 422 g/mol. The predicted molar refractivity (Wildman–Crippen MR) is 138 cm³/mol. The van der Waals surface area contributed by atoms with Gasteiger partial charge in [-0.25, -0.2) is 15.0 Å². The predicted octanol–water partition coefficient (Wildman–Crippen LogP) is 4.55. The van der Waals surface area contributed by atoms with Crippen LogP contribution in [0.5, 0.6) is 0 Å². The van der Waals surface area contributed by atoms with Crippen LogP contribution in [0.4, 0.5) is 11.8 Å². The van der Waals surface area contributed by atoms with E-state index in [9.17, 15) is 0 Å². The minimum atomic E-state index is 0.378. The first kappa shape index (κ1) is 22.9. The Morgan fingerprint density at radius 2 is 1.91 bits per heavy atom. The number of aromatic nitrogens is 3. The molecule has 7 heteroatoms. The van der Waals surface area contributed by atoms with Crippen LogP contribution in [0.1, 0.15) is 56.1 Å². The van der Waals surface area contributed by atoms with Crippen LogP contribution in [-0.2, 0) is 0 Å². The van der Waals surface area contributed by atoms with E-state index < -0.39 is 0 Å². The molecule has 1 saturated carbocycles. The van der Waals surface area contributed by atoms with E-state index in [-0.39, 0.29) is 0 Å². The Hall–Kier alpha value is -2.90. The Morgan fingerprint density at radius 3 is 2.71 bits per heavy atom. The molecule has 178 valence electrons. The lowest BCUT2D eigenvalue weighted by Crippen LogP contribution is -2.33. The first-order chi connectivity index (χ1) is 16.6. The number of pyridine rings is 1. The van der Waals surface area contributed by atoms with E-state index in [4.69, 9.17) is 10.7 Å². The number of rotatable bonds is 6. The second-order valence-corrected chi connectivity index (χ2v) is 9.93. The monoisotopic (exact) mass is 457 g/mol. The molecule has 0 aromatic carbocycles. The van der Waals surface area contributed by atoms with Crippen LogP contribution < -0.4 is 16.4 Å². The van der Waals surface area contributed by atoms with Crippen molar-refractivity contribution >= 4 is 23.1 Å². The van der Waals surface area contributed by atoms with Gasteiger partial charge in [0.15, 0.2) is 0 Å². The highest BCUT2D eigenvalue weighted by Crippen LogP contribution is 2.30. The molecule has 1 fully saturated rings. The maximum atomic E-state index is 6.07. The minimum Gasteiger partial charge on any atom is -0.328 e. The molecule has 4 heterocycles. The van der Waals surface area contributed by atoms with Gasteiger partial charge in [-0.2, -0.15) is 0 Å². The molecule has 5 rings (SSSR count). The molecule has 3 aliphatic rings. The third-order valence-electron chi connectivity index (χ3n) is 7.42. The van der Waals surface area contributed by atoms with Gasteiger partial charge >= 0.3 is 0 Å². The number of fused-ring (bicyclic) bond motifs is 1. The molecular formula is C27H35N7. The van der Waals surface area contributed by atoms with E-state index in [1.165, 1.54) is 49.8 Å². The van der Waals surface area contributed by atoms with Crippen LogP contribution in [0.15, 0.2) is 54.1 Å². The van der Waals surface area contributed by atoms with Gasteiger partial charge in [-0.15, -0.1) is 0 Å². The second-order valence-electron chi connectivity index (χ2n) is 9.93. The number of aryl methyl sites for hydroxylation is 1. The van der Waals surface area contributed by atoms with E-state index in [1.807, 2.05) is 37.7 Å². The molecule has 0 saturated heterocycles. The lowest BCUT2D eigenvalue weighted by Gasteiger charge is -2.27. The zero-order valence-electron chi connectivity index (χ0n) is 20.0. The highest BCUT2D eigenvalue weighted by atomic mass is 15.1. The third kappa shape index (κ3) is 5.59. The lowest BCUT2D eigenvalue weighted by atomic mass is 9.83. The highest BCUT2D eigenvalue weighted by Gasteiger charge is 2.25. The second kappa shape index (κ2) is 10.6. The zero-order valence-corrected chi connectivity index (χ0v) is 20.0. The van der Waals surface area contributed by atoms with Crippen molar-refractivity contribution in [2.24, 2.45) is 22.6 Å². The summed E-state index contributed by atoms with van der Waals surface area (Å²) < 4.78 is 0. The van der Waals surface area contributed by atoms with Gasteiger partial charge < -0.3 is 16.4 Å².